The smallest absolute Gasteiger partial charge is 0.0400 e. The van der Waals surface area contributed by atoms with Crippen LogP contribution in [0.4, 0.5) is 5.69 Å². The molecule has 2 rings (SSSR count). The number of rotatable bonds is 4. The van der Waals surface area contributed by atoms with Gasteiger partial charge < -0.3 is 5.32 Å². The maximum atomic E-state index is 3.47. The number of aryl methyl sites for hydroxylation is 1. The number of anilines is 1. The minimum atomic E-state index is 0.862. The van der Waals surface area contributed by atoms with Crippen LogP contribution in [0.1, 0.15) is 18.1 Å². The van der Waals surface area contributed by atoms with Gasteiger partial charge in [0.05, 0.1) is 0 Å². The van der Waals surface area contributed by atoms with E-state index in [1.54, 1.807) is 0 Å². The van der Waals surface area contributed by atoms with Crippen LogP contribution in [0.2, 0.25) is 0 Å². The molecule has 0 aliphatic rings. The lowest BCUT2D eigenvalue weighted by atomic mass is 10.1. The number of nitrogens with one attached hydrogen (secondary N) is 1. The second-order valence-corrected chi connectivity index (χ2v) is 4.95. The summed E-state index contributed by atoms with van der Waals surface area (Å²) < 4.78 is 1.10. The summed E-state index contributed by atoms with van der Waals surface area (Å²) in [6.07, 6.45) is 1.10. The van der Waals surface area contributed by atoms with Gasteiger partial charge in [-0.15, -0.1) is 0 Å². The number of hydrogen-bond acceptors (Lipinski definition) is 1. The van der Waals surface area contributed by atoms with E-state index in [1.807, 2.05) is 12.1 Å². The standard InChI is InChI=1S/C15H16BrN/c1-2-12-6-8-13(9-7-12)11-17-15-5-3-4-14(16)10-15/h3-10,17H,2,11H2,1H3. The van der Waals surface area contributed by atoms with Gasteiger partial charge in [0.1, 0.15) is 0 Å². The minimum Gasteiger partial charge on any atom is -0.381 e. The zero-order valence-electron chi connectivity index (χ0n) is 9.91. The normalized spacial score (nSPS) is 10.2. The molecule has 0 saturated heterocycles. The molecular formula is C15H16BrN. The first kappa shape index (κ1) is 12.2. The Labute approximate surface area is 111 Å². The van der Waals surface area contributed by atoms with Gasteiger partial charge in [-0.2, -0.15) is 0 Å². The monoisotopic (exact) mass is 289 g/mol. The first-order valence-corrected chi connectivity index (χ1v) is 6.64. The molecule has 0 aromatic heterocycles. The summed E-state index contributed by atoms with van der Waals surface area (Å²) in [5.41, 5.74) is 3.83. The highest BCUT2D eigenvalue weighted by Crippen LogP contribution is 2.16. The van der Waals surface area contributed by atoms with E-state index in [9.17, 15) is 0 Å². The molecule has 0 radical (unpaired) electrons. The van der Waals surface area contributed by atoms with Crippen molar-refractivity contribution in [1.82, 2.24) is 0 Å². The van der Waals surface area contributed by atoms with Crippen molar-refractivity contribution in [2.75, 3.05) is 5.32 Å². The molecule has 88 valence electrons. The Morgan fingerprint density at radius 1 is 1.00 bits per heavy atom. The lowest BCUT2D eigenvalue weighted by Crippen LogP contribution is -1.99. The summed E-state index contributed by atoms with van der Waals surface area (Å²) in [5.74, 6) is 0. The van der Waals surface area contributed by atoms with Gasteiger partial charge in [0, 0.05) is 16.7 Å². The Morgan fingerprint density at radius 3 is 2.35 bits per heavy atom. The second-order valence-electron chi connectivity index (χ2n) is 4.03. The predicted octanol–water partition coefficient (Wildman–Crippen LogP) is 4.62. The Balaban J connectivity index is 1.97. The molecule has 0 spiro atoms. The van der Waals surface area contributed by atoms with E-state index in [2.05, 4.69) is 64.6 Å². The number of hydrogen-bond donors (Lipinski definition) is 1. The SMILES string of the molecule is CCc1ccc(CNc2cccc(Br)c2)cc1. The Kier molecular flexibility index (Phi) is 4.21. The summed E-state index contributed by atoms with van der Waals surface area (Å²) in [7, 11) is 0. The van der Waals surface area contributed by atoms with E-state index in [4.69, 9.17) is 0 Å². The quantitative estimate of drug-likeness (QED) is 0.866. The summed E-state index contributed by atoms with van der Waals surface area (Å²) in [4.78, 5) is 0. The third-order valence-electron chi connectivity index (χ3n) is 2.75. The fourth-order valence-electron chi connectivity index (χ4n) is 1.70. The molecule has 0 bridgehead atoms. The number of benzene rings is 2. The lowest BCUT2D eigenvalue weighted by Gasteiger charge is -2.07. The van der Waals surface area contributed by atoms with Crippen LogP contribution in [0.5, 0.6) is 0 Å². The molecule has 2 heteroatoms. The van der Waals surface area contributed by atoms with Crippen LogP contribution in [0, 0.1) is 0 Å². The van der Waals surface area contributed by atoms with E-state index in [0.717, 1.165) is 23.1 Å². The maximum absolute atomic E-state index is 3.47. The average molecular weight is 290 g/mol. The summed E-state index contributed by atoms with van der Waals surface area (Å²) in [6.45, 7) is 3.04. The van der Waals surface area contributed by atoms with Crippen LogP contribution in [0.25, 0.3) is 0 Å². The highest BCUT2D eigenvalue weighted by atomic mass is 79.9. The van der Waals surface area contributed by atoms with Gasteiger partial charge in [0.15, 0.2) is 0 Å². The molecular weight excluding hydrogens is 274 g/mol. The van der Waals surface area contributed by atoms with E-state index in [-0.39, 0.29) is 0 Å². The molecule has 0 aliphatic carbocycles. The number of halogens is 1. The molecule has 0 fully saturated rings. The van der Waals surface area contributed by atoms with Crippen LogP contribution in [-0.4, -0.2) is 0 Å². The molecule has 0 aliphatic heterocycles. The van der Waals surface area contributed by atoms with Crippen molar-refractivity contribution in [3.8, 4) is 0 Å². The van der Waals surface area contributed by atoms with Gasteiger partial charge in [-0.25, -0.2) is 0 Å². The molecule has 0 atom stereocenters. The largest absolute Gasteiger partial charge is 0.381 e. The lowest BCUT2D eigenvalue weighted by molar-refractivity contribution is 1.11. The van der Waals surface area contributed by atoms with Gasteiger partial charge in [-0.1, -0.05) is 53.2 Å². The third kappa shape index (κ3) is 3.60. The zero-order chi connectivity index (χ0) is 12.1. The Bertz CT molecular complexity index is 477. The van der Waals surface area contributed by atoms with Gasteiger partial charge in [0.25, 0.3) is 0 Å². The first-order chi connectivity index (χ1) is 8.28. The zero-order valence-corrected chi connectivity index (χ0v) is 11.5. The van der Waals surface area contributed by atoms with Crippen molar-refractivity contribution in [2.24, 2.45) is 0 Å². The molecule has 0 saturated carbocycles. The molecule has 1 N–H and O–H groups in total. The summed E-state index contributed by atoms with van der Waals surface area (Å²) in [5, 5.41) is 3.41. The Morgan fingerprint density at radius 2 is 1.71 bits per heavy atom. The van der Waals surface area contributed by atoms with E-state index >= 15 is 0 Å². The van der Waals surface area contributed by atoms with Gasteiger partial charge in [-0.3, -0.25) is 0 Å². The predicted molar refractivity (Wildman–Crippen MR) is 77.3 cm³/mol. The first-order valence-electron chi connectivity index (χ1n) is 5.85. The van der Waals surface area contributed by atoms with E-state index < -0.39 is 0 Å². The minimum absolute atomic E-state index is 0.862. The van der Waals surface area contributed by atoms with Crippen LogP contribution in [0.3, 0.4) is 0 Å². The maximum Gasteiger partial charge on any atom is 0.0400 e. The molecule has 0 heterocycles. The molecule has 2 aromatic rings. The van der Waals surface area contributed by atoms with Crippen molar-refractivity contribution in [3.63, 3.8) is 0 Å². The molecule has 17 heavy (non-hydrogen) atoms. The van der Waals surface area contributed by atoms with Crippen LogP contribution < -0.4 is 5.32 Å². The highest BCUT2D eigenvalue weighted by molar-refractivity contribution is 9.10. The molecule has 0 unspecified atom stereocenters. The van der Waals surface area contributed by atoms with E-state index in [0.29, 0.717) is 0 Å². The molecule has 0 amide bonds. The van der Waals surface area contributed by atoms with Crippen LogP contribution in [-0.2, 0) is 13.0 Å². The second kappa shape index (κ2) is 5.87. The summed E-state index contributed by atoms with van der Waals surface area (Å²) in [6, 6.07) is 17.0. The Hall–Kier alpha value is -1.28. The highest BCUT2D eigenvalue weighted by Gasteiger charge is 1.95. The molecule has 1 nitrogen and oxygen atoms in total. The van der Waals surface area contributed by atoms with E-state index in [1.165, 1.54) is 11.1 Å². The van der Waals surface area contributed by atoms with Gasteiger partial charge in [0.2, 0.25) is 0 Å². The van der Waals surface area contributed by atoms with Gasteiger partial charge in [-0.05, 0) is 35.7 Å². The van der Waals surface area contributed by atoms with Crippen molar-refractivity contribution in [2.45, 2.75) is 19.9 Å². The fraction of sp³-hybridized carbons (Fsp3) is 0.200. The van der Waals surface area contributed by atoms with Crippen molar-refractivity contribution >= 4 is 21.6 Å². The summed E-state index contributed by atoms with van der Waals surface area (Å²) >= 11 is 3.47. The van der Waals surface area contributed by atoms with Crippen molar-refractivity contribution in [1.29, 1.82) is 0 Å². The van der Waals surface area contributed by atoms with Crippen LogP contribution in [0.15, 0.2) is 53.0 Å². The molecule has 2 aromatic carbocycles. The van der Waals surface area contributed by atoms with Gasteiger partial charge >= 0.3 is 0 Å². The topological polar surface area (TPSA) is 12.0 Å². The third-order valence-corrected chi connectivity index (χ3v) is 3.25. The van der Waals surface area contributed by atoms with Crippen molar-refractivity contribution < 1.29 is 0 Å². The average Bonchev–Trinajstić information content (AvgIpc) is 2.37. The fourth-order valence-corrected chi connectivity index (χ4v) is 2.09. The van der Waals surface area contributed by atoms with Crippen molar-refractivity contribution in [3.05, 3.63) is 64.1 Å². The van der Waals surface area contributed by atoms with Crippen LogP contribution >= 0.6 is 15.9 Å².